The van der Waals surface area contributed by atoms with E-state index in [9.17, 15) is 0 Å². The SMILES string of the molecule is C=C=CC(=CCCC)CSC(=N)CNNC. The summed E-state index contributed by atoms with van der Waals surface area (Å²) in [5.74, 6) is 0.812. The van der Waals surface area contributed by atoms with Crippen LogP contribution in [0.25, 0.3) is 0 Å². The van der Waals surface area contributed by atoms with Crippen LogP contribution in [0.2, 0.25) is 0 Å². The molecule has 0 aromatic rings. The summed E-state index contributed by atoms with van der Waals surface area (Å²) >= 11 is 1.53. The van der Waals surface area contributed by atoms with E-state index in [2.05, 4.69) is 36.2 Å². The summed E-state index contributed by atoms with van der Waals surface area (Å²) in [6, 6.07) is 0. The van der Waals surface area contributed by atoms with Gasteiger partial charge in [-0.2, -0.15) is 0 Å². The first-order valence-electron chi connectivity index (χ1n) is 5.39. The zero-order valence-corrected chi connectivity index (χ0v) is 10.9. The summed E-state index contributed by atoms with van der Waals surface area (Å²) in [6.45, 7) is 6.28. The van der Waals surface area contributed by atoms with Crippen molar-refractivity contribution in [2.45, 2.75) is 19.8 Å². The van der Waals surface area contributed by atoms with Gasteiger partial charge in [0.2, 0.25) is 0 Å². The first kappa shape index (κ1) is 15.2. The Morgan fingerprint density at radius 3 is 2.88 bits per heavy atom. The zero-order valence-electron chi connectivity index (χ0n) is 10.1. The first-order valence-corrected chi connectivity index (χ1v) is 6.37. The van der Waals surface area contributed by atoms with E-state index in [1.807, 2.05) is 6.08 Å². The summed E-state index contributed by atoms with van der Waals surface area (Å²) in [7, 11) is 1.80. The molecule has 0 aliphatic rings. The summed E-state index contributed by atoms with van der Waals surface area (Å²) < 4.78 is 0. The van der Waals surface area contributed by atoms with Crippen molar-refractivity contribution in [3.8, 4) is 0 Å². The molecule has 90 valence electrons. The maximum atomic E-state index is 7.68. The predicted octanol–water partition coefficient (Wildman–Crippen LogP) is 2.49. The molecule has 4 heteroatoms. The van der Waals surface area contributed by atoms with E-state index in [1.165, 1.54) is 17.3 Å². The van der Waals surface area contributed by atoms with E-state index in [-0.39, 0.29) is 0 Å². The van der Waals surface area contributed by atoms with Crippen molar-refractivity contribution in [1.29, 1.82) is 5.41 Å². The fourth-order valence-electron chi connectivity index (χ4n) is 1.01. The van der Waals surface area contributed by atoms with E-state index in [0.29, 0.717) is 11.6 Å². The van der Waals surface area contributed by atoms with Crippen molar-refractivity contribution in [1.82, 2.24) is 10.9 Å². The van der Waals surface area contributed by atoms with Crippen LogP contribution in [0.3, 0.4) is 0 Å². The summed E-state index contributed by atoms with van der Waals surface area (Å²) in [5, 5.41) is 8.30. The first-order chi connectivity index (χ1) is 7.74. The second kappa shape index (κ2) is 10.7. The highest BCUT2D eigenvalue weighted by Crippen LogP contribution is 2.11. The molecule has 0 spiro atoms. The molecule has 3 N–H and O–H groups in total. The van der Waals surface area contributed by atoms with Gasteiger partial charge in [0.05, 0.1) is 11.6 Å². The molecule has 0 heterocycles. The lowest BCUT2D eigenvalue weighted by atomic mass is 10.2. The van der Waals surface area contributed by atoms with E-state index in [0.717, 1.165) is 18.6 Å². The van der Waals surface area contributed by atoms with Crippen molar-refractivity contribution >= 4 is 16.8 Å². The number of unbranched alkanes of at least 4 members (excludes halogenated alkanes) is 1. The fourth-order valence-corrected chi connectivity index (χ4v) is 1.73. The van der Waals surface area contributed by atoms with Gasteiger partial charge in [-0.25, -0.2) is 0 Å². The van der Waals surface area contributed by atoms with Crippen LogP contribution in [-0.4, -0.2) is 24.4 Å². The molecule has 0 aliphatic carbocycles. The lowest BCUT2D eigenvalue weighted by Crippen LogP contribution is -2.31. The van der Waals surface area contributed by atoms with E-state index < -0.39 is 0 Å². The molecule has 0 atom stereocenters. The zero-order chi connectivity index (χ0) is 12.2. The average molecular weight is 239 g/mol. The minimum atomic E-state index is 0.556. The highest BCUT2D eigenvalue weighted by molar-refractivity contribution is 8.14. The predicted molar refractivity (Wildman–Crippen MR) is 73.9 cm³/mol. The highest BCUT2D eigenvalue weighted by Gasteiger charge is 1.99. The van der Waals surface area contributed by atoms with Gasteiger partial charge in [-0.3, -0.25) is 16.3 Å². The number of allylic oxidation sites excluding steroid dienone is 2. The van der Waals surface area contributed by atoms with Crippen LogP contribution in [0.1, 0.15) is 19.8 Å². The van der Waals surface area contributed by atoms with Gasteiger partial charge < -0.3 is 0 Å². The molecule has 0 fully saturated rings. The maximum absolute atomic E-state index is 7.68. The topological polar surface area (TPSA) is 47.9 Å². The molecule has 0 radical (unpaired) electrons. The molecule has 0 rings (SSSR count). The Hall–Kier alpha value is -0.800. The van der Waals surface area contributed by atoms with Crippen LogP contribution in [0.15, 0.2) is 30.0 Å². The van der Waals surface area contributed by atoms with Gasteiger partial charge in [-0.05, 0) is 25.1 Å². The van der Waals surface area contributed by atoms with Crippen LogP contribution in [0, 0.1) is 5.41 Å². The van der Waals surface area contributed by atoms with E-state index in [1.54, 1.807) is 7.05 Å². The molecule has 0 bridgehead atoms. The molecule has 0 aromatic heterocycles. The highest BCUT2D eigenvalue weighted by atomic mass is 32.2. The Labute approximate surface area is 103 Å². The van der Waals surface area contributed by atoms with Crippen LogP contribution in [0.5, 0.6) is 0 Å². The van der Waals surface area contributed by atoms with Gasteiger partial charge in [-0.15, -0.1) is 17.5 Å². The average Bonchev–Trinajstić information content (AvgIpc) is 2.30. The van der Waals surface area contributed by atoms with Gasteiger partial charge in [0, 0.05) is 5.75 Å². The van der Waals surface area contributed by atoms with Crippen molar-refractivity contribution < 1.29 is 0 Å². The summed E-state index contributed by atoms with van der Waals surface area (Å²) in [5.41, 5.74) is 9.67. The molecule has 3 nitrogen and oxygen atoms in total. The molecule has 0 saturated carbocycles. The molecule has 0 amide bonds. The minimum Gasteiger partial charge on any atom is -0.297 e. The molecule has 0 aliphatic heterocycles. The number of hydrazine groups is 1. The Balaban J connectivity index is 4.01. The van der Waals surface area contributed by atoms with E-state index in [4.69, 9.17) is 5.41 Å². The third-order valence-electron chi connectivity index (χ3n) is 1.82. The van der Waals surface area contributed by atoms with Gasteiger partial charge in [0.25, 0.3) is 0 Å². The van der Waals surface area contributed by atoms with Crippen molar-refractivity contribution in [3.05, 3.63) is 30.0 Å². The van der Waals surface area contributed by atoms with Gasteiger partial charge >= 0.3 is 0 Å². The van der Waals surface area contributed by atoms with Gasteiger partial charge in [-0.1, -0.05) is 26.0 Å². The quantitative estimate of drug-likeness (QED) is 0.200. The largest absolute Gasteiger partial charge is 0.297 e. The normalized spacial score (nSPS) is 11.0. The Morgan fingerprint density at radius 2 is 2.31 bits per heavy atom. The van der Waals surface area contributed by atoms with Crippen molar-refractivity contribution in [3.63, 3.8) is 0 Å². The molecular formula is C12H21N3S. The third kappa shape index (κ3) is 8.50. The number of rotatable bonds is 8. The van der Waals surface area contributed by atoms with Gasteiger partial charge in [0.15, 0.2) is 0 Å². The van der Waals surface area contributed by atoms with Crippen LogP contribution in [0.4, 0.5) is 0 Å². The smallest absolute Gasteiger partial charge is 0.0797 e. The van der Waals surface area contributed by atoms with Crippen LogP contribution < -0.4 is 10.9 Å². The Kier molecular flexibility index (Phi) is 10.2. The second-order valence-corrected chi connectivity index (χ2v) is 4.30. The number of hydrogen-bond acceptors (Lipinski definition) is 4. The second-order valence-electron chi connectivity index (χ2n) is 3.23. The Bertz CT molecular complexity index is 278. The van der Waals surface area contributed by atoms with E-state index >= 15 is 0 Å². The fraction of sp³-hybridized carbons (Fsp3) is 0.500. The summed E-state index contributed by atoms with van der Waals surface area (Å²) in [4.78, 5) is 0. The molecular weight excluding hydrogens is 218 g/mol. The molecule has 0 aromatic carbocycles. The number of thioether (sulfide) groups is 1. The maximum Gasteiger partial charge on any atom is 0.0797 e. The number of hydrogen-bond donors (Lipinski definition) is 3. The lowest BCUT2D eigenvalue weighted by molar-refractivity contribution is 0.660. The standard InChI is InChI=1S/C12H21N3S/c1-4-6-8-11(7-5-2)10-16-12(13)9-15-14-3/h7-8,13-15H,2,4,6,9-10H2,1,3H3. The lowest BCUT2D eigenvalue weighted by Gasteiger charge is -2.05. The monoisotopic (exact) mass is 239 g/mol. The molecule has 0 saturated heterocycles. The van der Waals surface area contributed by atoms with Crippen LogP contribution >= 0.6 is 11.8 Å². The molecule has 16 heavy (non-hydrogen) atoms. The number of nitrogens with one attached hydrogen (secondary N) is 3. The summed E-state index contributed by atoms with van der Waals surface area (Å²) in [6.07, 6.45) is 6.28. The minimum absolute atomic E-state index is 0.556. The van der Waals surface area contributed by atoms with Crippen molar-refractivity contribution in [2.24, 2.45) is 0 Å². The van der Waals surface area contributed by atoms with Crippen LogP contribution in [-0.2, 0) is 0 Å². The van der Waals surface area contributed by atoms with Gasteiger partial charge in [0.1, 0.15) is 0 Å². The third-order valence-corrected chi connectivity index (χ3v) is 2.79. The molecule has 0 unspecified atom stereocenters. The Morgan fingerprint density at radius 1 is 1.56 bits per heavy atom. The van der Waals surface area contributed by atoms with Crippen molar-refractivity contribution in [2.75, 3.05) is 19.3 Å².